The van der Waals surface area contributed by atoms with Gasteiger partial charge in [-0.2, -0.15) is 0 Å². The molecule has 4 aromatic rings. The fourth-order valence-electron chi connectivity index (χ4n) is 2.82. The van der Waals surface area contributed by atoms with Crippen molar-refractivity contribution in [3.05, 3.63) is 77.2 Å². The molecule has 5 nitrogen and oxygen atoms in total. The first-order chi connectivity index (χ1) is 13.5. The third-order valence-electron chi connectivity index (χ3n) is 4.35. The van der Waals surface area contributed by atoms with Crippen LogP contribution in [0.5, 0.6) is 17.2 Å². The average Bonchev–Trinajstić information content (AvgIpc) is 2.70. The highest BCUT2D eigenvalue weighted by molar-refractivity contribution is 5.84. The van der Waals surface area contributed by atoms with Gasteiger partial charge in [-0.3, -0.25) is 9.59 Å². The van der Waals surface area contributed by atoms with Crippen LogP contribution >= 0.6 is 0 Å². The third-order valence-corrected chi connectivity index (χ3v) is 4.35. The zero-order chi connectivity index (χ0) is 19.7. The van der Waals surface area contributed by atoms with E-state index >= 15 is 0 Å². The van der Waals surface area contributed by atoms with Crippen LogP contribution in [0.1, 0.15) is 13.8 Å². The van der Waals surface area contributed by atoms with Crippen LogP contribution in [0.4, 0.5) is 0 Å². The maximum atomic E-state index is 12.7. The molecule has 0 bridgehead atoms. The first-order valence-corrected chi connectivity index (χ1v) is 8.95. The monoisotopic (exact) mass is 374 g/mol. The summed E-state index contributed by atoms with van der Waals surface area (Å²) in [5.74, 6) is 0.374. The minimum atomic E-state index is -0.349. The molecule has 0 aliphatic carbocycles. The SMILES string of the molecule is CC(C)C(=O)Oc1ccc2c(=O)c(Oc3ccc4ccccc4c3)coc2c1. The molecule has 0 radical (unpaired) electrons. The Labute approximate surface area is 161 Å². The molecule has 0 spiro atoms. The first kappa shape index (κ1) is 17.8. The van der Waals surface area contributed by atoms with Crippen molar-refractivity contribution in [1.29, 1.82) is 0 Å². The molecule has 0 fully saturated rings. The summed E-state index contributed by atoms with van der Waals surface area (Å²) >= 11 is 0. The van der Waals surface area contributed by atoms with Gasteiger partial charge in [0.05, 0.1) is 11.3 Å². The van der Waals surface area contributed by atoms with E-state index in [1.165, 1.54) is 12.3 Å². The van der Waals surface area contributed by atoms with Gasteiger partial charge in [-0.05, 0) is 35.0 Å². The molecular weight excluding hydrogens is 356 g/mol. The Morgan fingerprint density at radius 1 is 0.929 bits per heavy atom. The van der Waals surface area contributed by atoms with Crippen molar-refractivity contribution in [3.8, 4) is 17.2 Å². The van der Waals surface area contributed by atoms with Gasteiger partial charge in [0.2, 0.25) is 11.2 Å². The Morgan fingerprint density at radius 2 is 1.68 bits per heavy atom. The molecule has 0 aliphatic heterocycles. The maximum Gasteiger partial charge on any atom is 0.313 e. The molecule has 1 heterocycles. The second-order valence-corrected chi connectivity index (χ2v) is 6.77. The van der Waals surface area contributed by atoms with E-state index in [-0.39, 0.29) is 23.1 Å². The smallest absolute Gasteiger partial charge is 0.313 e. The molecule has 0 atom stereocenters. The molecule has 0 unspecified atom stereocenters. The number of esters is 1. The van der Waals surface area contributed by atoms with E-state index in [0.29, 0.717) is 22.5 Å². The number of hydrogen-bond donors (Lipinski definition) is 0. The Morgan fingerprint density at radius 3 is 2.46 bits per heavy atom. The molecule has 28 heavy (non-hydrogen) atoms. The predicted molar refractivity (Wildman–Crippen MR) is 107 cm³/mol. The molecule has 0 aliphatic rings. The number of ether oxygens (including phenoxy) is 2. The van der Waals surface area contributed by atoms with Crippen LogP contribution in [0.15, 0.2) is 76.1 Å². The fourth-order valence-corrected chi connectivity index (χ4v) is 2.82. The van der Waals surface area contributed by atoms with Gasteiger partial charge in [-0.1, -0.05) is 44.2 Å². The van der Waals surface area contributed by atoms with E-state index in [0.717, 1.165) is 10.8 Å². The lowest BCUT2D eigenvalue weighted by molar-refractivity contribution is -0.137. The quantitative estimate of drug-likeness (QED) is 0.358. The number of fused-ring (bicyclic) bond motifs is 2. The van der Waals surface area contributed by atoms with Gasteiger partial charge in [-0.25, -0.2) is 0 Å². The topological polar surface area (TPSA) is 65.7 Å². The summed E-state index contributed by atoms with van der Waals surface area (Å²) in [6.07, 6.45) is 1.27. The van der Waals surface area contributed by atoms with Gasteiger partial charge < -0.3 is 13.9 Å². The van der Waals surface area contributed by atoms with Gasteiger partial charge in [-0.15, -0.1) is 0 Å². The standard InChI is InChI=1S/C23H18O5/c1-14(2)23(25)28-18-9-10-19-20(12-18)26-13-21(22(19)24)27-17-8-7-15-5-3-4-6-16(15)11-17/h3-14H,1-2H3. The lowest BCUT2D eigenvalue weighted by atomic mass is 10.1. The van der Waals surface area contributed by atoms with E-state index in [9.17, 15) is 9.59 Å². The molecular formula is C23H18O5. The zero-order valence-electron chi connectivity index (χ0n) is 15.5. The van der Waals surface area contributed by atoms with Crippen molar-refractivity contribution in [3.63, 3.8) is 0 Å². The summed E-state index contributed by atoms with van der Waals surface area (Å²) in [7, 11) is 0. The van der Waals surface area contributed by atoms with Crippen LogP contribution in [-0.4, -0.2) is 5.97 Å². The third kappa shape index (κ3) is 3.47. The molecule has 5 heteroatoms. The van der Waals surface area contributed by atoms with E-state index < -0.39 is 0 Å². The molecule has 0 saturated heterocycles. The molecule has 0 N–H and O–H groups in total. The zero-order valence-corrected chi connectivity index (χ0v) is 15.5. The number of carbonyl (C=O) groups is 1. The van der Waals surface area contributed by atoms with Crippen molar-refractivity contribution in [2.75, 3.05) is 0 Å². The van der Waals surface area contributed by atoms with Crippen molar-refractivity contribution < 1.29 is 18.7 Å². The van der Waals surface area contributed by atoms with Gasteiger partial charge in [0, 0.05) is 6.07 Å². The van der Waals surface area contributed by atoms with E-state index in [4.69, 9.17) is 13.9 Å². The summed E-state index contributed by atoms with van der Waals surface area (Å²) in [6.45, 7) is 3.50. The van der Waals surface area contributed by atoms with Crippen molar-refractivity contribution in [2.45, 2.75) is 13.8 Å². The molecule has 3 aromatic carbocycles. The lowest BCUT2D eigenvalue weighted by Crippen LogP contribution is -2.14. The maximum absolute atomic E-state index is 12.7. The highest BCUT2D eigenvalue weighted by Crippen LogP contribution is 2.26. The van der Waals surface area contributed by atoms with Crippen LogP contribution in [-0.2, 0) is 4.79 Å². The van der Waals surface area contributed by atoms with Crippen LogP contribution < -0.4 is 14.9 Å². The molecule has 0 saturated carbocycles. The van der Waals surface area contributed by atoms with Crippen molar-refractivity contribution in [2.24, 2.45) is 5.92 Å². The van der Waals surface area contributed by atoms with E-state index in [2.05, 4.69) is 0 Å². The second-order valence-electron chi connectivity index (χ2n) is 6.77. The number of carbonyl (C=O) groups excluding carboxylic acids is 1. The average molecular weight is 374 g/mol. The van der Waals surface area contributed by atoms with E-state index in [1.807, 2.05) is 36.4 Å². The van der Waals surface area contributed by atoms with Crippen LogP contribution in [0.3, 0.4) is 0 Å². The highest BCUT2D eigenvalue weighted by Gasteiger charge is 2.13. The number of hydrogen-bond acceptors (Lipinski definition) is 5. The first-order valence-electron chi connectivity index (χ1n) is 8.95. The molecule has 0 amide bonds. The number of rotatable bonds is 4. The largest absolute Gasteiger partial charge is 0.460 e. The number of benzene rings is 3. The molecule has 140 valence electrons. The summed E-state index contributed by atoms with van der Waals surface area (Å²) < 4.78 is 16.6. The summed E-state index contributed by atoms with van der Waals surface area (Å²) in [6, 6.07) is 18.2. The Bertz CT molecular complexity index is 1240. The van der Waals surface area contributed by atoms with Crippen molar-refractivity contribution >= 4 is 27.7 Å². The van der Waals surface area contributed by atoms with Gasteiger partial charge in [0.15, 0.2) is 0 Å². The van der Waals surface area contributed by atoms with Crippen LogP contribution in [0, 0.1) is 5.92 Å². The minimum Gasteiger partial charge on any atom is -0.460 e. The van der Waals surface area contributed by atoms with Gasteiger partial charge in [0.25, 0.3) is 0 Å². The van der Waals surface area contributed by atoms with Crippen LogP contribution in [0.2, 0.25) is 0 Å². The Kier molecular flexibility index (Phi) is 4.57. The van der Waals surface area contributed by atoms with Gasteiger partial charge >= 0.3 is 5.97 Å². The molecule has 4 rings (SSSR count). The summed E-state index contributed by atoms with van der Waals surface area (Å²) in [5.41, 5.74) is 0.0288. The molecule has 1 aromatic heterocycles. The van der Waals surface area contributed by atoms with Crippen molar-refractivity contribution in [1.82, 2.24) is 0 Å². The normalized spacial score (nSPS) is 11.1. The Hall–Kier alpha value is -3.60. The summed E-state index contributed by atoms with van der Waals surface area (Å²) in [5, 5.41) is 2.45. The minimum absolute atomic E-state index is 0.0923. The van der Waals surface area contributed by atoms with E-state index in [1.54, 1.807) is 32.0 Å². The van der Waals surface area contributed by atoms with Crippen LogP contribution in [0.25, 0.3) is 21.7 Å². The highest BCUT2D eigenvalue weighted by atomic mass is 16.5. The second kappa shape index (κ2) is 7.19. The predicted octanol–water partition coefficient (Wildman–Crippen LogP) is 5.30. The summed E-state index contributed by atoms with van der Waals surface area (Å²) in [4.78, 5) is 24.5. The van der Waals surface area contributed by atoms with Gasteiger partial charge in [0.1, 0.15) is 23.3 Å². The lowest BCUT2D eigenvalue weighted by Gasteiger charge is -2.09. The Balaban J connectivity index is 1.65. The fraction of sp³-hybridized carbons (Fsp3) is 0.130.